The Kier molecular flexibility index (Phi) is 4.98. The van der Waals surface area contributed by atoms with Crippen LogP contribution >= 0.6 is 0 Å². The van der Waals surface area contributed by atoms with Crippen molar-refractivity contribution in [3.05, 3.63) is 23.9 Å². The van der Waals surface area contributed by atoms with Gasteiger partial charge in [0.2, 0.25) is 0 Å². The van der Waals surface area contributed by atoms with Crippen LogP contribution in [-0.2, 0) is 11.3 Å². The first-order chi connectivity index (χ1) is 12.1. The first kappa shape index (κ1) is 17.3. The van der Waals surface area contributed by atoms with E-state index in [1.807, 2.05) is 18.3 Å². The zero-order valence-electron chi connectivity index (χ0n) is 15.5. The van der Waals surface area contributed by atoms with Gasteiger partial charge in [-0.3, -0.25) is 0 Å². The van der Waals surface area contributed by atoms with E-state index in [2.05, 4.69) is 28.9 Å². The van der Waals surface area contributed by atoms with Gasteiger partial charge in [-0.25, -0.2) is 4.98 Å². The number of likely N-dealkylation sites (N-methyl/N-ethyl adjacent to an activating group) is 1. The summed E-state index contributed by atoms with van der Waals surface area (Å²) in [5, 5.41) is 9.38. The molecular weight excluding hydrogens is 314 g/mol. The molecule has 1 aromatic rings. The maximum atomic E-state index is 9.38. The van der Waals surface area contributed by atoms with Crippen molar-refractivity contribution in [3.63, 3.8) is 0 Å². The van der Waals surface area contributed by atoms with E-state index < -0.39 is 0 Å². The second-order valence-electron chi connectivity index (χ2n) is 8.42. The lowest BCUT2D eigenvalue weighted by Crippen LogP contribution is -2.48. The minimum Gasteiger partial charge on any atom is -0.392 e. The van der Waals surface area contributed by atoms with Gasteiger partial charge in [0.15, 0.2) is 0 Å². The minimum atomic E-state index is 0.0794. The summed E-state index contributed by atoms with van der Waals surface area (Å²) in [6, 6.07) is 4.44. The number of aliphatic hydroxyl groups excluding tert-OH is 1. The van der Waals surface area contributed by atoms with Crippen LogP contribution in [-0.4, -0.2) is 60.9 Å². The summed E-state index contributed by atoms with van der Waals surface area (Å²) in [7, 11) is 4.38. The normalized spacial score (nSPS) is 32.2. The number of anilines is 1. The van der Waals surface area contributed by atoms with Gasteiger partial charge < -0.3 is 19.6 Å². The summed E-state index contributed by atoms with van der Waals surface area (Å²) in [6.45, 7) is 3.18. The highest BCUT2D eigenvalue weighted by molar-refractivity contribution is 5.42. The van der Waals surface area contributed by atoms with Gasteiger partial charge in [0.05, 0.1) is 12.7 Å². The number of aromatic nitrogens is 1. The quantitative estimate of drug-likeness (QED) is 0.856. The monoisotopic (exact) mass is 345 g/mol. The van der Waals surface area contributed by atoms with Crippen LogP contribution in [0.4, 0.5) is 5.82 Å². The van der Waals surface area contributed by atoms with Crippen molar-refractivity contribution in [2.45, 2.75) is 44.4 Å². The molecule has 1 aromatic heterocycles. The lowest BCUT2D eigenvalue weighted by atomic mass is 9.77. The first-order valence-corrected chi connectivity index (χ1v) is 9.72. The van der Waals surface area contributed by atoms with E-state index in [0.717, 1.165) is 43.4 Å². The minimum absolute atomic E-state index is 0.0794. The van der Waals surface area contributed by atoms with E-state index in [4.69, 9.17) is 4.74 Å². The van der Waals surface area contributed by atoms with Crippen LogP contribution in [0.2, 0.25) is 0 Å². The van der Waals surface area contributed by atoms with Gasteiger partial charge in [0.25, 0.3) is 0 Å². The Morgan fingerprint density at radius 1 is 1.24 bits per heavy atom. The molecule has 0 aromatic carbocycles. The van der Waals surface area contributed by atoms with Gasteiger partial charge in [-0.15, -0.1) is 0 Å². The maximum Gasteiger partial charge on any atom is 0.128 e. The van der Waals surface area contributed by atoms with E-state index in [-0.39, 0.29) is 6.61 Å². The van der Waals surface area contributed by atoms with Crippen LogP contribution in [0.1, 0.15) is 31.2 Å². The average molecular weight is 345 g/mol. The summed E-state index contributed by atoms with van der Waals surface area (Å²) < 4.78 is 6.36. The summed E-state index contributed by atoms with van der Waals surface area (Å²) in [5.74, 6) is 3.25. The highest BCUT2D eigenvalue weighted by atomic mass is 16.5. The average Bonchev–Trinajstić information content (AvgIpc) is 3.36. The van der Waals surface area contributed by atoms with Crippen LogP contribution in [0, 0.1) is 17.8 Å². The fourth-order valence-corrected chi connectivity index (χ4v) is 4.58. The van der Waals surface area contributed by atoms with Crippen LogP contribution in [0.5, 0.6) is 0 Å². The molecule has 1 N–H and O–H groups in total. The van der Waals surface area contributed by atoms with Crippen molar-refractivity contribution >= 4 is 5.82 Å². The second-order valence-corrected chi connectivity index (χ2v) is 8.42. The van der Waals surface area contributed by atoms with Gasteiger partial charge in [-0.1, -0.05) is 0 Å². The molecule has 5 heteroatoms. The van der Waals surface area contributed by atoms with Crippen molar-refractivity contribution in [1.29, 1.82) is 0 Å². The zero-order chi connectivity index (χ0) is 17.4. The molecule has 138 valence electrons. The fraction of sp³-hybridized carbons (Fsp3) is 0.750. The van der Waals surface area contributed by atoms with Crippen LogP contribution < -0.4 is 4.90 Å². The van der Waals surface area contributed by atoms with Gasteiger partial charge >= 0.3 is 0 Å². The first-order valence-electron chi connectivity index (χ1n) is 9.72. The molecule has 1 saturated heterocycles. The number of ether oxygens (including phenoxy) is 1. The van der Waals surface area contributed by atoms with Crippen LogP contribution in [0.3, 0.4) is 0 Å². The van der Waals surface area contributed by atoms with E-state index >= 15 is 0 Å². The van der Waals surface area contributed by atoms with Crippen molar-refractivity contribution in [2.24, 2.45) is 17.8 Å². The maximum absolute atomic E-state index is 9.38. The SMILES string of the molecule is CN(C)[C@@H]1C[C@@H]2CN(c3cc(CO)ccn3)C[C@@H]2C[C@H]1OCC1CC1. The molecule has 4 atom stereocenters. The van der Waals surface area contributed by atoms with Crippen molar-refractivity contribution in [3.8, 4) is 0 Å². The zero-order valence-corrected chi connectivity index (χ0v) is 15.5. The Morgan fingerprint density at radius 3 is 2.68 bits per heavy atom. The highest BCUT2D eigenvalue weighted by Crippen LogP contribution is 2.41. The number of rotatable bonds is 6. The van der Waals surface area contributed by atoms with E-state index in [1.165, 1.54) is 19.3 Å². The molecule has 0 spiro atoms. The molecule has 3 fully saturated rings. The molecule has 2 saturated carbocycles. The van der Waals surface area contributed by atoms with Crippen LogP contribution in [0.25, 0.3) is 0 Å². The number of hydrogen-bond donors (Lipinski definition) is 1. The van der Waals surface area contributed by atoms with Gasteiger partial charge in [0.1, 0.15) is 5.82 Å². The molecule has 4 rings (SSSR count). The molecule has 25 heavy (non-hydrogen) atoms. The number of aliphatic hydroxyl groups is 1. The molecule has 0 bridgehead atoms. The van der Waals surface area contributed by atoms with E-state index in [9.17, 15) is 5.11 Å². The van der Waals surface area contributed by atoms with Crippen molar-refractivity contribution < 1.29 is 9.84 Å². The highest BCUT2D eigenvalue weighted by Gasteiger charge is 2.44. The van der Waals surface area contributed by atoms with Crippen molar-refractivity contribution in [2.75, 3.05) is 38.7 Å². The summed E-state index contributed by atoms with van der Waals surface area (Å²) in [6.07, 6.45) is 7.26. The standard InChI is InChI=1S/C20H31N3O2/c1-22(2)18-8-16-10-23(20-7-15(12-24)5-6-21-20)11-17(16)9-19(18)25-13-14-3-4-14/h5-7,14,16-19,24H,3-4,8-13H2,1-2H3/t16-,17+,18-,19-/m1/s1. The summed E-state index contributed by atoms with van der Waals surface area (Å²) >= 11 is 0. The van der Waals surface area contributed by atoms with Gasteiger partial charge in [-0.05, 0) is 75.2 Å². The fourth-order valence-electron chi connectivity index (χ4n) is 4.58. The number of pyridine rings is 1. The third kappa shape index (κ3) is 3.83. The Bertz CT molecular complexity index is 590. The Hall–Kier alpha value is -1.17. The van der Waals surface area contributed by atoms with Gasteiger partial charge in [-0.2, -0.15) is 0 Å². The molecule has 0 amide bonds. The van der Waals surface area contributed by atoms with E-state index in [1.54, 1.807) is 0 Å². The van der Waals surface area contributed by atoms with Crippen LogP contribution in [0.15, 0.2) is 18.3 Å². The van der Waals surface area contributed by atoms with Crippen molar-refractivity contribution in [1.82, 2.24) is 9.88 Å². The van der Waals surface area contributed by atoms with Gasteiger partial charge in [0, 0.05) is 31.9 Å². The Balaban J connectivity index is 1.44. The predicted octanol–water partition coefficient (Wildman–Crippen LogP) is 2.15. The third-order valence-corrected chi connectivity index (χ3v) is 6.31. The molecule has 0 radical (unpaired) electrons. The summed E-state index contributed by atoms with van der Waals surface area (Å²) in [5.41, 5.74) is 0.941. The Labute approximate surface area is 151 Å². The molecule has 0 unspecified atom stereocenters. The molecule has 3 aliphatic rings. The largest absolute Gasteiger partial charge is 0.392 e. The predicted molar refractivity (Wildman–Crippen MR) is 98.5 cm³/mol. The number of fused-ring (bicyclic) bond motifs is 1. The smallest absolute Gasteiger partial charge is 0.128 e. The lowest BCUT2D eigenvalue weighted by Gasteiger charge is -2.41. The van der Waals surface area contributed by atoms with E-state index in [0.29, 0.717) is 24.0 Å². The third-order valence-electron chi connectivity index (χ3n) is 6.31. The molecule has 2 heterocycles. The molecule has 5 nitrogen and oxygen atoms in total. The lowest BCUT2D eigenvalue weighted by molar-refractivity contribution is -0.0493. The summed E-state index contributed by atoms with van der Waals surface area (Å²) in [4.78, 5) is 9.31. The molecular formula is C20H31N3O2. The molecule has 1 aliphatic heterocycles. The topological polar surface area (TPSA) is 48.8 Å². The number of nitrogens with zero attached hydrogens (tertiary/aromatic N) is 3. The molecule has 2 aliphatic carbocycles. The second kappa shape index (κ2) is 7.22. The Morgan fingerprint density at radius 2 is 2.00 bits per heavy atom. The number of hydrogen-bond acceptors (Lipinski definition) is 5.